The first-order valence-electron chi connectivity index (χ1n) is 4.95. The van der Waals surface area contributed by atoms with Crippen LogP contribution in [0.4, 0.5) is 5.69 Å². The van der Waals surface area contributed by atoms with Crippen LogP contribution >= 0.6 is 0 Å². The molecule has 0 aromatic carbocycles. The average Bonchev–Trinajstić information content (AvgIpc) is 2.30. The highest BCUT2D eigenvalue weighted by Gasteiger charge is 2.09. The maximum Gasteiger partial charge on any atom is 0.339 e. The molecule has 0 aliphatic heterocycles. The Bertz CT molecular complexity index is 389. The molecule has 0 saturated carbocycles. The standard InChI is InChI=1S/C9H11N3O2.C2H6/c1-5(10)8-7(11)3-6(4-12-8)9(13)14-2;1-2/h3-4,10H,11H2,1-2H3;1-2H3. The second-order valence-corrected chi connectivity index (χ2v) is 2.78. The Morgan fingerprint density at radius 2 is 2.06 bits per heavy atom. The summed E-state index contributed by atoms with van der Waals surface area (Å²) in [5.41, 5.74) is 6.85. The van der Waals surface area contributed by atoms with Crippen molar-refractivity contribution < 1.29 is 9.53 Å². The molecule has 1 rings (SSSR count). The van der Waals surface area contributed by atoms with E-state index in [-0.39, 0.29) is 11.3 Å². The van der Waals surface area contributed by atoms with Crippen LogP contribution in [0.2, 0.25) is 0 Å². The minimum atomic E-state index is -0.488. The fourth-order valence-electron chi connectivity index (χ4n) is 1.02. The van der Waals surface area contributed by atoms with E-state index >= 15 is 0 Å². The third-order valence-electron chi connectivity index (χ3n) is 1.69. The highest BCUT2D eigenvalue weighted by atomic mass is 16.5. The molecule has 0 aliphatic carbocycles. The lowest BCUT2D eigenvalue weighted by Crippen LogP contribution is -2.08. The van der Waals surface area contributed by atoms with Crippen LogP contribution in [0.5, 0.6) is 0 Å². The number of rotatable bonds is 2. The topological polar surface area (TPSA) is 89.1 Å². The molecule has 0 saturated heterocycles. The molecular formula is C11H17N3O2. The quantitative estimate of drug-likeness (QED) is 0.591. The van der Waals surface area contributed by atoms with Crippen molar-refractivity contribution in [1.29, 1.82) is 5.41 Å². The van der Waals surface area contributed by atoms with Gasteiger partial charge in [-0.15, -0.1) is 0 Å². The number of nitrogens with zero attached hydrogens (tertiary/aromatic N) is 1. The fraction of sp³-hybridized carbons (Fsp3) is 0.364. The van der Waals surface area contributed by atoms with Crippen LogP contribution in [0.15, 0.2) is 12.3 Å². The van der Waals surface area contributed by atoms with Crippen molar-refractivity contribution in [1.82, 2.24) is 4.98 Å². The number of nitrogens with two attached hydrogens (primary N) is 1. The molecule has 1 aromatic heterocycles. The van der Waals surface area contributed by atoms with Crippen molar-refractivity contribution in [3.63, 3.8) is 0 Å². The van der Waals surface area contributed by atoms with E-state index in [1.54, 1.807) is 6.92 Å². The summed E-state index contributed by atoms with van der Waals surface area (Å²) in [6, 6.07) is 1.45. The maximum absolute atomic E-state index is 11.1. The zero-order valence-electron chi connectivity index (χ0n) is 10.00. The van der Waals surface area contributed by atoms with Crippen LogP contribution in [-0.2, 0) is 4.74 Å². The monoisotopic (exact) mass is 223 g/mol. The molecule has 0 fully saturated rings. The first-order valence-corrected chi connectivity index (χ1v) is 4.95. The number of hydrogen-bond acceptors (Lipinski definition) is 5. The number of carbonyl (C=O) groups is 1. The van der Waals surface area contributed by atoms with Gasteiger partial charge >= 0.3 is 5.97 Å². The van der Waals surface area contributed by atoms with Gasteiger partial charge in [-0.3, -0.25) is 4.98 Å². The van der Waals surface area contributed by atoms with Crippen LogP contribution in [-0.4, -0.2) is 23.8 Å². The number of ether oxygens (including phenoxy) is 1. The van der Waals surface area contributed by atoms with Crippen molar-refractivity contribution in [2.45, 2.75) is 20.8 Å². The summed E-state index contributed by atoms with van der Waals surface area (Å²) >= 11 is 0. The van der Waals surface area contributed by atoms with Gasteiger partial charge in [-0.25, -0.2) is 4.79 Å². The molecule has 5 heteroatoms. The highest BCUT2D eigenvalue weighted by Crippen LogP contribution is 2.12. The van der Waals surface area contributed by atoms with E-state index in [4.69, 9.17) is 11.1 Å². The van der Waals surface area contributed by atoms with Crippen molar-refractivity contribution in [2.24, 2.45) is 0 Å². The van der Waals surface area contributed by atoms with E-state index in [2.05, 4.69) is 9.72 Å². The zero-order valence-corrected chi connectivity index (χ0v) is 10.00. The Balaban J connectivity index is 0.00000106. The van der Waals surface area contributed by atoms with Gasteiger partial charge in [0.05, 0.1) is 24.1 Å². The summed E-state index contributed by atoms with van der Waals surface area (Å²) in [6.07, 6.45) is 1.34. The van der Waals surface area contributed by atoms with Gasteiger partial charge in [0.25, 0.3) is 0 Å². The maximum atomic E-state index is 11.1. The van der Waals surface area contributed by atoms with Crippen molar-refractivity contribution in [2.75, 3.05) is 12.8 Å². The Morgan fingerprint density at radius 3 is 2.44 bits per heavy atom. The molecule has 0 unspecified atom stereocenters. The third-order valence-corrected chi connectivity index (χ3v) is 1.69. The normalized spacial score (nSPS) is 8.75. The number of nitrogen functional groups attached to an aromatic ring is 1. The summed E-state index contributed by atoms with van der Waals surface area (Å²) < 4.78 is 4.50. The van der Waals surface area contributed by atoms with Gasteiger partial charge in [-0.1, -0.05) is 13.8 Å². The van der Waals surface area contributed by atoms with Gasteiger partial charge in [-0.05, 0) is 13.0 Å². The Labute approximate surface area is 95.1 Å². The molecule has 3 N–H and O–H groups in total. The molecule has 0 spiro atoms. The van der Waals surface area contributed by atoms with Crippen molar-refractivity contribution >= 4 is 17.4 Å². The molecule has 0 atom stereocenters. The largest absolute Gasteiger partial charge is 0.465 e. The van der Waals surface area contributed by atoms with Crippen molar-refractivity contribution in [3.8, 4) is 0 Å². The number of aromatic nitrogens is 1. The molecule has 0 bridgehead atoms. The smallest absolute Gasteiger partial charge is 0.339 e. The summed E-state index contributed by atoms with van der Waals surface area (Å²) in [7, 11) is 1.29. The highest BCUT2D eigenvalue weighted by molar-refractivity contribution is 6.00. The first kappa shape index (κ1) is 14.1. The number of carbonyl (C=O) groups excluding carboxylic acids is 1. The Hall–Kier alpha value is -1.91. The molecule has 0 aliphatic rings. The van der Waals surface area contributed by atoms with Crippen LogP contribution in [0, 0.1) is 5.41 Å². The molecule has 1 aromatic rings. The summed E-state index contributed by atoms with van der Waals surface area (Å²) in [5.74, 6) is -0.488. The minimum Gasteiger partial charge on any atom is -0.465 e. The van der Waals surface area contributed by atoms with Crippen LogP contribution < -0.4 is 5.73 Å². The minimum absolute atomic E-state index is 0.263. The van der Waals surface area contributed by atoms with Gasteiger partial charge in [-0.2, -0.15) is 0 Å². The lowest BCUT2D eigenvalue weighted by atomic mass is 10.2. The number of nitrogens with one attached hydrogen (secondary N) is 1. The van der Waals surface area contributed by atoms with E-state index in [1.807, 2.05) is 13.8 Å². The Kier molecular flexibility index (Phi) is 5.77. The molecule has 88 valence electrons. The second kappa shape index (κ2) is 6.55. The van der Waals surface area contributed by atoms with Gasteiger partial charge in [0.15, 0.2) is 0 Å². The van der Waals surface area contributed by atoms with Gasteiger partial charge in [0.1, 0.15) is 5.69 Å². The summed E-state index contributed by atoms with van der Waals surface area (Å²) in [5, 5.41) is 7.34. The van der Waals surface area contributed by atoms with Crippen LogP contribution in [0.1, 0.15) is 36.8 Å². The van der Waals surface area contributed by atoms with E-state index in [1.165, 1.54) is 19.4 Å². The molecular weight excluding hydrogens is 206 g/mol. The lowest BCUT2D eigenvalue weighted by molar-refractivity contribution is 0.0600. The molecule has 16 heavy (non-hydrogen) atoms. The van der Waals surface area contributed by atoms with E-state index < -0.39 is 5.97 Å². The van der Waals surface area contributed by atoms with E-state index in [0.717, 1.165) is 0 Å². The predicted octanol–water partition coefficient (Wildman–Crippen LogP) is 1.86. The fourth-order valence-corrected chi connectivity index (χ4v) is 1.02. The Morgan fingerprint density at radius 1 is 1.50 bits per heavy atom. The van der Waals surface area contributed by atoms with E-state index in [9.17, 15) is 4.79 Å². The number of esters is 1. The average molecular weight is 223 g/mol. The molecule has 1 heterocycles. The van der Waals surface area contributed by atoms with E-state index in [0.29, 0.717) is 11.4 Å². The van der Waals surface area contributed by atoms with Crippen molar-refractivity contribution in [3.05, 3.63) is 23.5 Å². The third kappa shape index (κ3) is 3.34. The van der Waals surface area contributed by atoms with Gasteiger partial charge in [0.2, 0.25) is 0 Å². The summed E-state index contributed by atoms with van der Waals surface area (Å²) in [4.78, 5) is 15.0. The van der Waals surface area contributed by atoms with Crippen LogP contribution in [0.25, 0.3) is 0 Å². The predicted molar refractivity (Wildman–Crippen MR) is 63.8 cm³/mol. The number of pyridine rings is 1. The molecule has 0 amide bonds. The number of hydrogen-bond donors (Lipinski definition) is 2. The first-order chi connectivity index (χ1) is 7.56. The second-order valence-electron chi connectivity index (χ2n) is 2.78. The number of anilines is 1. The van der Waals surface area contributed by atoms with Crippen LogP contribution in [0.3, 0.4) is 0 Å². The lowest BCUT2D eigenvalue weighted by Gasteiger charge is -2.04. The molecule has 0 radical (unpaired) electrons. The van der Waals surface area contributed by atoms with Gasteiger partial charge in [0, 0.05) is 6.20 Å². The summed E-state index contributed by atoms with van der Waals surface area (Å²) in [6.45, 7) is 5.58. The number of methoxy groups -OCH3 is 1. The SMILES string of the molecule is CC.COC(=O)c1cnc(C(C)=N)c(N)c1. The van der Waals surface area contributed by atoms with Gasteiger partial charge < -0.3 is 15.9 Å². The zero-order chi connectivity index (χ0) is 12.7. The molecule has 5 nitrogen and oxygen atoms in total.